The Bertz CT molecular complexity index is 1030. The number of carbonyl (C=O) groups is 2. The lowest BCUT2D eigenvalue weighted by Gasteiger charge is -2.18. The molecule has 0 fully saturated rings. The standard InChI is InChI=1S/C25H25N3O2/c29-24(14-13-19-7-2-1-3-8-19)27-22-11-6-10-21(17-22)26-18-25(30)28-16-15-20-9-4-5-12-23(20)28/h1-12,17,26H,13-16,18H2,(H,27,29). The average Bonchev–Trinajstić information content (AvgIpc) is 3.21. The Kier molecular flexibility index (Phi) is 6.09. The van der Waals surface area contributed by atoms with Gasteiger partial charge in [0, 0.05) is 30.0 Å². The van der Waals surface area contributed by atoms with Gasteiger partial charge in [0.25, 0.3) is 0 Å². The minimum atomic E-state index is -0.0271. The number of para-hydroxylation sites is 1. The van der Waals surface area contributed by atoms with Crippen LogP contribution in [0.2, 0.25) is 0 Å². The summed E-state index contributed by atoms with van der Waals surface area (Å²) in [6.07, 6.45) is 2.03. The Morgan fingerprint density at radius 1 is 0.867 bits per heavy atom. The zero-order valence-corrected chi connectivity index (χ0v) is 16.8. The summed E-state index contributed by atoms with van der Waals surface area (Å²) in [6.45, 7) is 0.928. The van der Waals surface area contributed by atoms with E-state index >= 15 is 0 Å². The maximum Gasteiger partial charge on any atom is 0.246 e. The lowest BCUT2D eigenvalue weighted by molar-refractivity contribution is -0.117. The lowest BCUT2D eigenvalue weighted by Crippen LogP contribution is -2.34. The van der Waals surface area contributed by atoms with Crippen molar-refractivity contribution in [1.29, 1.82) is 0 Å². The van der Waals surface area contributed by atoms with Crippen LogP contribution in [-0.4, -0.2) is 24.9 Å². The Morgan fingerprint density at radius 3 is 2.50 bits per heavy atom. The van der Waals surface area contributed by atoms with Gasteiger partial charge in [-0.25, -0.2) is 0 Å². The molecule has 5 nitrogen and oxygen atoms in total. The number of anilines is 3. The van der Waals surface area contributed by atoms with Crippen LogP contribution in [0.5, 0.6) is 0 Å². The highest BCUT2D eigenvalue weighted by atomic mass is 16.2. The highest BCUT2D eigenvalue weighted by Gasteiger charge is 2.23. The number of rotatable bonds is 7. The van der Waals surface area contributed by atoms with Gasteiger partial charge in [0.05, 0.1) is 6.54 Å². The molecule has 30 heavy (non-hydrogen) atoms. The van der Waals surface area contributed by atoms with Crippen molar-refractivity contribution in [3.05, 3.63) is 90.0 Å². The molecule has 1 heterocycles. The largest absolute Gasteiger partial charge is 0.376 e. The minimum Gasteiger partial charge on any atom is -0.376 e. The summed E-state index contributed by atoms with van der Waals surface area (Å²) in [4.78, 5) is 26.8. The van der Waals surface area contributed by atoms with Crippen LogP contribution in [-0.2, 0) is 22.4 Å². The second kappa shape index (κ2) is 9.27. The Labute approximate surface area is 176 Å². The van der Waals surface area contributed by atoms with Crippen molar-refractivity contribution >= 4 is 28.9 Å². The van der Waals surface area contributed by atoms with Crippen molar-refractivity contribution in [3.8, 4) is 0 Å². The molecule has 0 bridgehead atoms. The summed E-state index contributed by atoms with van der Waals surface area (Å²) >= 11 is 0. The van der Waals surface area contributed by atoms with E-state index in [0.29, 0.717) is 12.8 Å². The minimum absolute atomic E-state index is 0.0271. The monoisotopic (exact) mass is 399 g/mol. The number of benzene rings is 3. The molecule has 0 saturated carbocycles. The first-order chi connectivity index (χ1) is 14.7. The van der Waals surface area contributed by atoms with E-state index in [1.807, 2.05) is 77.7 Å². The van der Waals surface area contributed by atoms with E-state index in [-0.39, 0.29) is 18.4 Å². The van der Waals surface area contributed by atoms with Crippen molar-refractivity contribution in [2.75, 3.05) is 28.6 Å². The first-order valence-corrected chi connectivity index (χ1v) is 10.2. The van der Waals surface area contributed by atoms with Crippen LogP contribution in [0.4, 0.5) is 17.1 Å². The van der Waals surface area contributed by atoms with Crippen molar-refractivity contribution in [1.82, 2.24) is 0 Å². The quantitative estimate of drug-likeness (QED) is 0.624. The van der Waals surface area contributed by atoms with Crippen LogP contribution < -0.4 is 15.5 Å². The average molecular weight is 399 g/mol. The number of aryl methyl sites for hydroxylation is 1. The topological polar surface area (TPSA) is 61.4 Å². The van der Waals surface area contributed by atoms with Gasteiger partial charge in [0.2, 0.25) is 11.8 Å². The van der Waals surface area contributed by atoms with Crippen molar-refractivity contribution in [2.45, 2.75) is 19.3 Å². The van der Waals surface area contributed by atoms with Gasteiger partial charge in [-0.05, 0) is 48.2 Å². The highest BCUT2D eigenvalue weighted by molar-refractivity contribution is 5.98. The smallest absolute Gasteiger partial charge is 0.246 e. The highest BCUT2D eigenvalue weighted by Crippen LogP contribution is 2.27. The molecule has 1 aliphatic rings. The van der Waals surface area contributed by atoms with Crippen molar-refractivity contribution in [2.24, 2.45) is 0 Å². The maximum absolute atomic E-state index is 12.7. The molecular weight excluding hydrogens is 374 g/mol. The number of nitrogens with zero attached hydrogens (tertiary/aromatic N) is 1. The third-order valence-electron chi connectivity index (χ3n) is 5.26. The Balaban J connectivity index is 1.29. The van der Waals surface area contributed by atoms with E-state index in [0.717, 1.165) is 35.6 Å². The number of nitrogens with one attached hydrogen (secondary N) is 2. The number of amides is 2. The summed E-state index contributed by atoms with van der Waals surface area (Å²) in [5.41, 5.74) is 4.88. The van der Waals surface area contributed by atoms with Gasteiger partial charge in [0.1, 0.15) is 0 Å². The van der Waals surface area contributed by atoms with Crippen molar-refractivity contribution < 1.29 is 9.59 Å². The van der Waals surface area contributed by atoms with Crippen LogP contribution in [0.3, 0.4) is 0 Å². The summed E-state index contributed by atoms with van der Waals surface area (Å²) in [5.74, 6) is 0.0120. The molecule has 1 aliphatic heterocycles. The molecule has 0 aromatic heterocycles. The maximum atomic E-state index is 12.7. The molecule has 152 valence electrons. The Morgan fingerprint density at radius 2 is 1.63 bits per heavy atom. The van der Waals surface area contributed by atoms with Crippen LogP contribution >= 0.6 is 0 Å². The third-order valence-corrected chi connectivity index (χ3v) is 5.26. The van der Waals surface area contributed by atoms with Crippen LogP contribution in [0, 0.1) is 0 Å². The molecule has 0 aliphatic carbocycles. The van der Waals surface area contributed by atoms with Gasteiger partial charge in [-0.3, -0.25) is 9.59 Å². The first-order valence-electron chi connectivity index (χ1n) is 10.2. The number of hydrogen-bond acceptors (Lipinski definition) is 3. The van der Waals surface area contributed by atoms with Crippen LogP contribution in [0.15, 0.2) is 78.9 Å². The van der Waals surface area contributed by atoms with Gasteiger partial charge in [-0.2, -0.15) is 0 Å². The Hall–Kier alpha value is -3.60. The van der Waals surface area contributed by atoms with E-state index < -0.39 is 0 Å². The van der Waals surface area contributed by atoms with E-state index in [2.05, 4.69) is 16.7 Å². The summed E-state index contributed by atoms with van der Waals surface area (Å²) in [5, 5.41) is 6.12. The summed E-state index contributed by atoms with van der Waals surface area (Å²) in [6, 6.07) is 25.5. The molecule has 5 heteroatoms. The third kappa shape index (κ3) is 4.87. The van der Waals surface area contributed by atoms with Gasteiger partial charge in [-0.1, -0.05) is 54.6 Å². The van der Waals surface area contributed by atoms with Gasteiger partial charge in [-0.15, -0.1) is 0 Å². The predicted octanol–water partition coefficient (Wildman–Crippen LogP) is 4.26. The number of carbonyl (C=O) groups excluding carboxylic acids is 2. The van der Waals surface area contributed by atoms with Crippen LogP contribution in [0.1, 0.15) is 17.5 Å². The van der Waals surface area contributed by atoms with E-state index in [1.54, 1.807) is 0 Å². The van der Waals surface area contributed by atoms with E-state index in [9.17, 15) is 9.59 Å². The molecule has 4 rings (SSSR count). The molecule has 2 N–H and O–H groups in total. The number of hydrogen-bond donors (Lipinski definition) is 2. The normalized spacial score (nSPS) is 12.3. The molecular formula is C25H25N3O2. The SMILES string of the molecule is O=C(CCc1ccccc1)Nc1cccc(NCC(=O)N2CCc3ccccc32)c1. The summed E-state index contributed by atoms with van der Waals surface area (Å²) < 4.78 is 0. The zero-order chi connectivity index (χ0) is 20.8. The molecule has 0 radical (unpaired) electrons. The zero-order valence-electron chi connectivity index (χ0n) is 16.8. The summed E-state index contributed by atoms with van der Waals surface area (Å²) in [7, 11) is 0. The fraction of sp³-hybridized carbons (Fsp3) is 0.200. The second-order valence-electron chi connectivity index (χ2n) is 7.39. The molecule has 0 spiro atoms. The fourth-order valence-electron chi connectivity index (χ4n) is 3.70. The first kappa shape index (κ1) is 19.7. The molecule has 3 aromatic carbocycles. The van der Waals surface area contributed by atoms with Crippen LogP contribution in [0.25, 0.3) is 0 Å². The van der Waals surface area contributed by atoms with E-state index in [4.69, 9.17) is 0 Å². The second-order valence-corrected chi connectivity index (χ2v) is 7.39. The molecule has 3 aromatic rings. The molecule has 2 amide bonds. The number of fused-ring (bicyclic) bond motifs is 1. The molecule has 0 atom stereocenters. The molecule has 0 unspecified atom stereocenters. The van der Waals surface area contributed by atoms with Gasteiger partial charge in [0.15, 0.2) is 0 Å². The predicted molar refractivity (Wildman–Crippen MR) is 121 cm³/mol. The van der Waals surface area contributed by atoms with Gasteiger partial charge >= 0.3 is 0 Å². The van der Waals surface area contributed by atoms with Gasteiger partial charge < -0.3 is 15.5 Å². The molecule has 0 saturated heterocycles. The lowest BCUT2D eigenvalue weighted by atomic mass is 10.1. The van der Waals surface area contributed by atoms with E-state index in [1.165, 1.54) is 5.56 Å². The fourth-order valence-corrected chi connectivity index (χ4v) is 3.70. The van der Waals surface area contributed by atoms with Crippen molar-refractivity contribution in [3.63, 3.8) is 0 Å².